The average molecular weight is 368 g/mol. The molecule has 1 fully saturated rings. The number of aromatic nitrogens is 2. The first-order chi connectivity index (χ1) is 12.9. The molecular formula is C21H28N4O2. The van der Waals surface area contributed by atoms with E-state index in [0.29, 0.717) is 25.9 Å². The smallest absolute Gasteiger partial charge is 0.222 e. The summed E-state index contributed by atoms with van der Waals surface area (Å²) in [5.41, 5.74) is 11.3. The lowest BCUT2D eigenvalue weighted by Crippen LogP contribution is -2.50. The number of hydrogen-bond donors (Lipinski definition) is 3. The predicted molar refractivity (Wildman–Crippen MR) is 103 cm³/mol. The molecule has 0 bridgehead atoms. The second-order valence-corrected chi connectivity index (χ2v) is 8.02. The summed E-state index contributed by atoms with van der Waals surface area (Å²) in [7, 11) is 0. The molecule has 1 aromatic heterocycles. The predicted octanol–water partition coefficient (Wildman–Crippen LogP) is 1.89. The highest BCUT2D eigenvalue weighted by Crippen LogP contribution is 2.50. The standard InChI is InChI=1S/C21H28N4O2/c1-13-14(2)23-24-17(13)7-8-18(26)25-11-9-21(10-12-25)16-6-4-3-5-15(16)19(22)20(21)27/h3-6,19-20,27H,7-12,22H2,1-2H3,(H,23,24)/t19-,20+/m1/s1. The zero-order valence-electron chi connectivity index (χ0n) is 16.0. The number of aryl methyl sites for hydroxylation is 2. The maximum atomic E-state index is 12.7. The fourth-order valence-electron chi connectivity index (χ4n) is 4.80. The second-order valence-electron chi connectivity index (χ2n) is 8.02. The molecule has 4 N–H and O–H groups in total. The lowest BCUT2D eigenvalue weighted by atomic mass is 9.72. The van der Waals surface area contributed by atoms with E-state index in [4.69, 9.17) is 5.73 Å². The van der Waals surface area contributed by atoms with Crippen LogP contribution in [-0.2, 0) is 16.6 Å². The minimum absolute atomic E-state index is 0.162. The Hall–Kier alpha value is -2.18. The highest BCUT2D eigenvalue weighted by atomic mass is 16.3. The van der Waals surface area contributed by atoms with E-state index in [2.05, 4.69) is 16.3 Å². The Morgan fingerprint density at radius 2 is 2.04 bits per heavy atom. The Morgan fingerprint density at radius 1 is 1.33 bits per heavy atom. The number of hydrogen-bond acceptors (Lipinski definition) is 4. The number of fused-ring (bicyclic) bond motifs is 2. The van der Waals surface area contributed by atoms with Gasteiger partial charge in [-0.25, -0.2) is 0 Å². The molecular weight excluding hydrogens is 340 g/mol. The molecule has 6 nitrogen and oxygen atoms in total. The number of benzene rings is 1. The minimum atomic E-state index is -0.582. The molecule has 1 amide bonds. The Labute approximate surface area is 159 Å². The third-order valence-electron chi connectivity index (χ3n) is 6.70. The average Bonchev–Trinajstić information content (AvgIpc) is 3.12. The summed E-state index contributed by atoms with van der Waals surface area (Å²) >= 11 is 0. The van der Waals surface area contributed by atoms with E-state index in [-0.39, 0.29) is 17.4 Å². The third-order valence-corrected chi connectivity index (χ3v) is 6.70. The Morgan fingerprint density at radius 3 is 2.70 bits per heavy atom. The van der Waals surface area contributed by atoms with Crippen molar-refractivity contribution in [3.63, 3.8) is 0 Å². The number of nitrogens with two attached hydrogens (primary N) is 1. The molecule has 0 radical (unpaired) electrons. The molecule has 2 heterocycles. The van der Waals surface area contributed by atoms with Gasteiger partial charge in [-0.3, -0.25) is 9.89 Å². The van der Waals surface area contributed by atoms with E-state index in [0.717, 1.165) is 35.4 Å². The minimum Gasteiger partial charge on any atom is -0.390 e. The molecule has 1 spiro atoms. The number of aliphatic hydroxyl groups is 1. The molecule has 27 heavy (non-hydrogen) atoms. The summed E-state index contributed by atoms with van der Waals surface area (Å²) in [6, 6.07) is 7.75. The van der Waals surface area contributed by atoms with E-state index in [1.165, 1.54) is 5.56 Å². The molecule has 144 valence electrons. The van der Waals surface area contributed by atoms with Crippen molar-refractivity contribution < 1.29 is 9.90 Å². The number of carbonyl (C=O) groups is 1. The summed E-state index contributed by atoms with van der Waals surface area (Å²) in [5, 5.41) is 18.1. The van der Waals surface area contributed by atoms with Crippen molar-refractivity contribution in [2.75, 3.05) is 13.1 Å². The summed E-state index contributed by atoms with van der Waals surface area (Å²) < 4.78 is 0. The maximum absolute atomic E-state index is 12.7. The van der Waals surface area contributed by atoms with Gasteiger partial charge in [-0.1, -0.05) is 24.3 Å². The number of nitrogens with zero attached hydrogens (tertiary/aromatic N) is 2. The van der Waals surface area contributed by atoms with Gasteiger partial charge < -0.3 is 15.7 Å². The highest BCUT2D eigenvalue weighted by molar-refractivity contribution is 5.76. The van der Waals surface area contributed by atoms with Gasteiger partial charge in [0, 0.05) is 37.0 Å². The topological polar surface area (TPSA) is 95.2 Å². The van der Waals surface area contributed by atoms with Crippen molar-refractivity contribution in [2.24, 2.45) is 5.73 Å². The van der Waals surface area contributed by atoms with Crippen LogP contribution in [0.3, 0.4) is 0 Å². The molecule has 2 atom stereocenters. The molecule has 6 heteroatoms. The summed E-state index contributed by atoms with van der Waals surface area (Å²) in [6.45, 7) is 5.35. The van der Waals surface area contributed by atoms with Gasteiger partial charge in [-0.15, -0.1) is 0 Å². The first-order valence-electron chi connectivity index (χ1n) is 9.75. The molecule has 4 rings (SSSR count). The summed E-state index contributed by atoms with van der Waals surface area (Å²) in [4.78, 5) is 14.6. The van der Waals surface area contributed by atoms with Gasteiger partial charge >= 0.3 is 0 Å². The first-order valence-corrected chi connectivity index (χ1v) is 9.75. The normalized spacial score (nSPS) is 23.6. The maximum Gasteiger partial charge on any atom is 0.222 e. The van der Waals surface area contributed by atoms with Crippen LogP contribution in [-0.4, -0.2) is 45.3 Å². The van der Waals surface area contributed by atoms with Gasteiger partial charge in [-0.2, -0.15) is 5.10 Å². The van der Waals surface area contributed by atoms with E-state index in [1.807, 2.05) is 36.9 Å². The fourth-order valence-corrected chi connectivity index (χ4v) is 4.80. The molecule has 2 aliphatic rings. The fraction of sp³-hybridized carbons (Fsp3) is 0.524. The van der Waals surface area contributed by atoms with Gasteiger partial charge in [0.05, 0.1) is 17.8 Å². The molecule has 1 aromatic carbocycles. The van der Waals surface area contributed by atoms with Crippen LogP contribution in [0.15, 0.2) is 24.3 Å². The zero-order valence-corrected chi connectivity index (χ0v) is 16.0. The van der Waals surface area contributed by atoms with E-state index >= 15 is 0 Å². The number of likely N-dealkylation sites (tertiary alicyclic amines) is 1. The van der Waals surface area contributed by atoms with Crippen molar-refractivity contribution in [2.45, 2.75) is 57.1 Å². The van der Waals surface area contributed by atoms with Crippen LogP contribution in [0.5, 0.6) is 0 Å². The van der Waals surface area contributed by atoms with Crippen molar-refractivity contribution in [1.82, 2.24) is 15.1 Å². The van der Waals surface area contributed by atoms with E-state index < -0.39 is 6.10 Å². The molecule has 1 aliphatic heterocycles. The van der Waals surface area contributed by atoms with Gasteiger partial charge in [0.25, 0.3) is 0 Å². The van der Waals surface area contributed by atoms with Gasteiger partial charge in [0.2, 0.25) is 5.91 Å². The number of piperidine rings is 1. The Bertz CT molecular complexity index is 852. The third kappa shape index (κ3) is 2.87. The number of H-pyrrole nitrogens is 1. The van der Waals surface area contributed by atoms with Crippen LogP contribution >= 0.6 is 0 Å². The number of carbonyl (C=O) groups excluding carboxylic acids is 1. The summed E-state index contributed by atoms with van der Waals surface area (Å²) in [5.74, 6) is 0.162. The highest BCUT2D eigenvalue weighted by Gasteiger charge is 2.51. The van der Waals surface area contributed by atoms with Crippen LogP contribution in [0, 0.1) is 13.8 Å². The van der Waals surface area contributed by atoms with Crippen LogP contribution in [0.4, 0.5) is 0 Å². The lowest BCUT2D eigenvalue weighted by Gasteiger charge is -2.42. The SMILES string of the molecule is Cc1[nH]nc(CCC(=O)N2CCC3(CC2)c2ccccc2[C@@H](N)[C@@H]3O)c1C. The monoisotopic (exact) mass is 368 g/mol. The quantitative estimate of drug-likeness (QED) is 0.771. The second kappa shape index (κ2) is 6.77. The molecule has 1 aliphatic carbocycles. The lowest BCUT2D eigenvalue weighted by molar-refractivity contribution is -0.133. The van der Waals surface area contributed by atoms with Gasteiger partial charge in [0.1, 0.15) is 0 Å². The molecule has 0 unspecified atom stereocenters. The van der Waals surface area contributed by atoms with Crippen LogP contribution in [0.25, 0.3) is 0 Å². The molecule has 2 aromatic rings. The Kier molecular flexibility index (Phi) is 4.56. The first kappa shape index (κ1) is 18.2. The number of aliphatic hydroxyl groups excluding tert-OH is 1. The number of rotatable bonds is 3. The van der Waals surface area contributed by atoms with Crippen LogP contribution in [0.1, 0.15) is 53.4 Å². The van der Waals surface area contributed by atoms with Gasteiger partial charge in [0.15, 0.2) is 0 Å². The van der Waals surface area contributed by atoms with Gasteiger partial charge in [-0.05, 0) is 43.4 Å². The summed E-state index contributed by atoms with van der Waals surface area (Å²) in [6.07, 6.45) is 2.06. The van der Waals surface area contributed by atoms with Crippen molar-refractivity contribution in [3.8, 4) is 0 Å². The molecule has 0 saturated carbocycles. The molecule has 1 saturated heterocycles. The van der Waals surface area contributed by atoms with E-state index in [1.54, 1.807) is 0 Å². The van der Waals surface area contributed by atoms with Crippen LogP contribution in [0.2, 0.25) is 0 Å². The largest absolute Gasteiger partial charge is 0.390 e. The van der Waals surface area contributed by atoms with Crippen molar-refractivity contribution >= 4 is 5.91 Å². The number of amides is 1. The Balaban J connectivity index is 1.42. The van der Waals surface area contributed by atoms with Crippen LogP contribution < -0.4 is 5.73 Å². The number of nitrogens with one attached hydrogen (secondary N) is 1. The van der Waals surface area contributed by atoms with Crippen molar-refractivity contribution in [3.05, 3.63) is 52.3 Å². The van der Waals surface area contributed by atoms with Crippen molar-refractivity contribution in [1.29, 1.82) is 0 Å². The number of aromatic amines is 1. The van der Waals surface area contributed by atoms with E-state index in [9.17, 15) is 9.90 Å². The zero-order chi connectivity index (χ0) is 19.2.